The number of halogens is 3. The van der Waals surface area contributed by atoms with Gasteiger partial charge in [0.15, 0.2) is 5.13 Å². The van der Waals surface area contributed by atoms with E-state index in [9.17, 15) is 23.2 Å². The highest BCUT2D eigenvalue weighted by molar-refractivity contribution is 7.19. The van der Waals surface area contributed by atoms with E-state index in [1.165, 1.54) is 18.3 Å². The average molecular weight is 576 g/mol. The number of anilines is 3. The van der Waals surface area contributed by atoms with Crippen LogP contribution in [0.3, 0.4) is 0 Å². The van der Waals surface area contributed by atoms with E-state index < -0.39 is 17.8 Å². The molecule has 0 aliphatic carbocycles. The number of hydrogen-bond acceptors (Lipinski definition) is 9. The maximum absolute atomic E-state index is 13.9. The number of nitrogens with zero attached hydrogens (tertiary/aromatic N) is 5. The second-order valence-corrected chi connectivity index (χ2v) is 10.2. The molecule has 40 heavy (non-hydrogen) atoms. The number of nitrogens with one attached hydrogen (secondary N) is 4. The molecule has 2 heterocycles. The van der Waals surface area contributed by atoms with E-state index >= 15 is 0 Å². The van der Waals surface area contributed by atoms with Crippen molar-refractivity contribution >= 4 is 34.1 Å². The topological polar surface area (TPSA) is 131 Å². The highest BCUT2D eigenvalue weighted by atomic mass is 32.1. The molecule has 214 valence electrons. The smallest absolute Gasteiger partial charge is 0.357 e. The monoisotopic (exact) mass is 575 g/mol. The lowest BCUT2D eigenvalue weighted by molar-refractivity contribution is -0.138. The first-order valence-electron chi connectivity index (χ1n) is 12.6. The molecule has 0 saturated carbocycles. The molecule has 0 saturated heterocycles. The Morgan fingerprint density at radius 3 is 2.60 bits per heavy atom. The number of carbonyl (C=O) groups is 1. The lowest BCUT2D eigenvalue weighted by Gasteiger charge is -2.24. The molecule has 0 spiro atoms. The number of aromatic nitrogens is 3. The first-order chi connectivity index (χ1) is 18.9. The van der Waals surface area contributed by atoms with Gasteiger partial charge in [0.1, 0.15) is 11.8 Å². The molecular weight excluding hydrogens is 543 g/mol. The van der Waals surface area contributed by atoms with Crippen LogP contribution in [0.4, 0.5) is 34.7 Å². The summed E-state index contributed by atoms with van der Waals surface area (Å²) in [5, 5.41) is 20.7. The average Bonchev–Trinajstić information content (AvgIpc) is 3.26. The zero-order chi connectivity index (χ0) is 29.4. The van der Waals surface area contributed by atoms with E-state index in [2.05, 4.69) is 36.2 Å². The summed E-state index contributed by atoms with van der Waals surface area (Å²) in [4.78, 5) is 27.8. The van der Waals surface area contributed by atoms with Crippen molar-refractivity contribution in [1.82, 2.24) is 25.2 Å². The molecule has 14 heteroatoms. The number of alkyl halides is 3. The molecule has 4 N–H and O–H groups in total. The third-order valence-corrected chi connectivity index (χ3v) is 6.94. The van der Waals surface area contributed by atoms with Crippen molar-refractivity contribution in [3.63, 3.8) is 0 Å². The summed E-state index contributed by atoms with van der Waals surface area (Å²) >= 11 is 1.08. The maximum atomic E-state index is 13.9. The van der Waals surface area contributed by atoms with Gasteiger partial charge in [0, 0.05) is 38.4 Å². The predicted molar refractivity (Wildman–Crippen MR) is 150 cm³/mol. The molecule has 3 rings (SSSR count). The standard InChI is InChI=1S/C26H32F3N9OS/c1-6-38(10-9-32-15(2)3)14-17-7-8-19(11-20(17)26(27,28)29)35-24(39)37-25-34-16(4)22(40-25)21-18(12-30)13-33-23(31-5)36-21/h7-8,11,13,15,32H,6,9-10,14H2,1-5H3,(H,31,33,36)(H2,34,35,37,39). The zero-order valence-corrected chi connectivity index (χ0v) is 23.7. The number of urea groups is 1. The van der Waals surface area contributed by atoms with Crippen LogP contribution in [-0.2, 0) is 12.7 Å². The van der Waals surface area contributed by atoms with Gasteiger partial charge in [-0.3, -0.25) is 10.2 Å². The largest absolute Gasteiger partial charge is 0.416 e. The second kappa shape index (κ2) is 13.5. The predicted octanol–water partition coefficient (Wildman–Crippen LogP) is 5.30. The number of hydrogen-bond donors (Lipinski definition) is 4. The first kappa shape index (κ1) is 30.7. The fourth-order valence-electron chi connectivity index (χ4n) is 3.84. The Bertz CT molecular complexity index is 1370. The SMILES string of the molecule is CCN(CCNC(C)C)Cc1ccc(NC(=O)Nc2nc(C)c(-c3nc(NC)ncc3C#N)s2)cc1C(F)(F)F. The van der Waals surface area contributed by atoms with Crippen LogP contribution in [0, 0.1) is 18.3 Å². The molecule has 2 aromatic heterocycles. The van der Waals surface area contributed by atoms with E-state index in [0.29, 0.717) is 41.8 Å². The molecule has 0 atom stereocenters. The van der Waals surface area contributed by atoms with Gasteiger partial charge in [-0.15, -0.1) is 0 Å². The molecule has 0 fully saturated rings. The van der Waals surface area contributed by atoms with Crippen molar-refractivity contribution < 1.29 is 18.0 Å². The summed E-state index contributed by atoms with van der Waals surface area (Å²) in [6.45, 7) is 9.61. The minimum Gasteiger partial charge on any atom is -0.357 e. The number of nitriles is 1. The summed E-state index contributed by atoms with van der Waals surface area (Å²) in [5.41, 5.74) is 0.430. The van der Waals surface area contributed by atoms with Crippen molar-refractivity contribution in [3.8, 4) is 16.6 Å². The third-order valence-electron chi connectivity index (χ3n) is 5.86. The quantitative estimate of drug-likeness (QED) is 0.242. The van der Waals surface area contributed by atoms with Crippen molar-refractivity contribution in [2.45, 2.75) is 46.5 Å². The van der Waals surface area contributed by atoms with Crippen LogP contribution in [0.1, 0.15) is 43.2 Å². The summed E-state index contributed by atoms with van der Waals surface area (Å²) in [7, 11) is 1.64. The number of aryl methyl sites for hydroxylation is 1. The summed E-state index contributed by atoms with van der Waals surface area (Å²) in [6, 6.07) is 5.34. The first-order valence-corrected chi connectivity index (χ1v) is 13.4. The van der Waals surface area contributed by atoms with Gasteiger partial charge < -0.3 is 16.0 Å². The van der Waals surface area contributed by atoms with E-state index in [1.54, 1.807) is 14.0 Å². The fourth-order valence-corrected chi connectivity index (χ4v) is 4.81. The lowest BCUT2D eigenvalue weighted by atomic mass is 10.1. The number of carbonyl (C=O) groups excluding carboxylic acids is 1. The van der Waals surface area contributed by atoms with Crippen LogP contribution in [0.2, 0.25) is 0 Å². The zero-order valence-electron chi connectivity index (χ0n) is 22.9. The number of amides is 2. The number of thiazole rings is 1. The lowest BCUT2D eigenvalue weighted by Crippen LogP contribution is -2.35. The van der Waals surface area contributed by atoms with Crippen LogP contribution in [-0.4, -0.2) is 58.6 Å². The Kier molecular flexibility index (Phi) is 10.4. The molecule has 2 amide bonds. The molecule has 10 nitrogen and oxygen atoms in total. The van der Waals surface area contributed by atoms with Crippen LogP contribution < -0.4 is 21.3 Å². The minimum absolute atomic E-state index is 0.00664. The number of benzene rings is 1. The molecule has 0 radical (unpaired) electrons. The van der Waals surface area contributed by atoms with E-state index in [-0.39, 0.29) is 34.5 Å². The Morgan fingerprint density at radius 1 is 1.23 bits per heavy atom. The Hall–Kier alpha value is -3.80. The van der Waals surface area contributed by atoms with E-state index in [0.717, 1.165) is 17.4 Å². The molecule has 0 aliphatic rings. The van der Waals surface area contributed by atoms with Gasteiger partial charge in [-0.05, 0) is 31.2 Å². The van der Waals surface area contributed by atoms with Gasteiger partial charge in [-0.25, -0.2) is 19.7 Å². The van der Waals surface area contributed by atoms with Crippen molar-refractivity contribution in [3.05, 3.63) is 46.8 Å². The van der Waals surface area contributed by atoms with Crippen LogP contribution >= 0.6 is 11.3 Å². The highest BCUT2D eigenvalue weighted by Crippen LogP contribution is 2.36. The van der Waals surface area contributed by atoms with Gasteiger partial charge in [0.05, 0.1) is 27.9 Å². The number of rotatable bonds is 11. The van der Waals surface area contributed by atoms with E-state index in [1.807, 2.05) is 31.7 Å². The second-order valence-electron chi connectivity index (χ2n) is 9.18. The van der Waals surface area contributed by atoms with Crippen molar-refractivity contribution in [2.24, 2.45) is 0 Å². The minimum atomic E-state index is -4.59. The molecule has 0 bridgehead atoms. The Labute approximate surface area is 235 Å². The maximum Gasteiger partial charge on any atom is 0.416 e. The highest BCUT2D eigenvalue weighted by Gasteiger charge is 2.34. The molecule has 0 aliphatic heterocycles. The van der Waals surface area contributed by atoms with Crippen molar-refractivity contribution in [2.75, 3.05) is 42.6 Å². The van der Waals surface area contributed by atoms with Crippen molar-refractivity contribution in [1.29, 1.82) is 5.26 Å². The van der Waals surface area contributed by atoms with Gasteiger partial charge in [-0.1, -0.05) is 38.2 Å². The third kappa shape index (κ3) is 8.10. The van der Waals surface area contributed by atoms with Crippen LogP contribution in [0.15, 0.2) is 24.4 Å². The molecule has 1 aromatic carbocycles. The van der Waals surface area contributed by atoms with E-state index in [4.69, 9.17) is 0 Å². The van der Waals surface area contributed by atoms with Crippen LogP contribution in [0.5, 0.6) is 0 Å². The van der Waals surface area contributed by atoms with Gasteiger partial charge in [-0.2, -0.15) is 18.4 Å². The fraction of sp³-hybridized carbons (Fsp3) is 0.423. The molecule has 0 unspecified atom stereocenters. The molecule has 3 aromatic rings. The molecular formula is C26H32F3N9OS. The van der Waals surface area contributed by atoms with Gasteiger partial charge >= 0.3 is 12.2 Å². The summed E-state index contributed by atoms with van der Waals surface area (Å²) in [5.74, 6) is 0.312. The Morgan fingerprint density at radius 2 is 1.98 bits per heavy atom. The Balaban J connectivity index is 1.76. The summed E-state index contributed by atoms with van der Waals surface area (Å²) < 4.78 is 41.8. The van der Waals surface area contributed by atoms with Crippen LogP contribution in [0.25, 0.3) is 10.6 Å². The number of likely N-dealkylation sites (N-methyl/N-ethyl adjacent to an activating group) is 1. The van der Waals surface area contributed by atoms with Gasteiger partial charge in [0.2, 0.25) is 5.95 Å². The normalized spacial score (nSPS) is 11.5. The van der Waals surface area contributed by atoms with Gasteiger partial charge in [0.25, 0.3) is 0 Å². The summed E-state index contributed by atoms with van der Waals surface area (Å²) in [6.07, 6.45) is -3.21.